The summed E-state index contributed by atoms with van der Waals surface area (Å²) in [5.41, 5.74) is 0.708. The van der Waals surface area contributed by atoms with Crippen molar-refractivity contribution >= 4 is 15.9 Å². The fourth-order valence-corrected chi connectivity index (χ4v) is 6.00. The molecule has 2 aliphatic heterocycles. The average Bonchev–Trinajstić information content (AvgIpc) is 3.18. The molecule has 3 atom stereocenters. The van der Waals surface area contributed by atoms with E-state index in [0.717, 1.165) is 6.42 Å². The number of hydrogen-bond acceptors (Lipinski definition) is 4. The van der Waals surface area contributed by atoms with Crippen LogP contribution in [0, 0.1) is 17.7 Å². The molecule has 0 spiro atoms. The number of ether oxygens (including phenoxy) is 1. The van der Waals surface area contributed by atoms with Crippen LogP contribution in [0.25, 0.3) is 0 Å². The van der Waals surface area contributed by atoms with Crippen LogP contribution in [0.4, 0.5) is 4.39 Å². The summed E-state index contributed by atoms with van der Waals surface area (Å²) < 4.78 is 45.6. The molecule has 0 unspecified atom stereocenters. The summed E-state index contributed by atoms with van der Waals surface area (Å²) >= 11 is 0. The van der Waals surface area contributed by atoms with Crippen molar-refractivity contribution in [3.63, 3.8) is 0 Å². The van der Waals surface area contributed by atoms with Crippen molar-refractivity contribution in [2.45, 2.75) is 25.8 Å². The number of benzene rings is 1. The van der Waals surface area contributed by atoms with Crippen LogP contribution in [-0.4, -0.2) is 62.6 Å². The molecule has 0 bridgehead atoms. The molecular weight excluding hydrogens is 371 g/mol. The molecule has 0 radical (unpaired) electrons. The molecule has 8 heteroatoms. The summed E-state index contributed by atoms with van der Waals surface area (Å²) in [5, 5.41) is 0. The molecule has 0 aromatic heterocycles. The molecule has 0 N–H and O–H groups in total. The first-order valence-electron chi connectivity index (χ1n) is 9.39. The van der Waals surface area contributed by atoms with E-state index in [1.165, 1.54) is 19.2 Å². The van der Waals surface area contributed by atoms with Gasteiger partial charge in [-0.1, -0.05) is 25.5 Å². The van der Waals surface area contributed by atoms with Gasteiger partial charge in [0, 0.05) is 32.7 Å². The van der Waals surface area contributed by atoms with E-state index in [1.807, 2.05) is 6.92 Å². The number of amides is 1. The van der Waals surface area contributed by atoms with Gasteiger partial charge in [0.2, 0.25) is 15.9 Å². The third kappa shape index (κ3) is 4.17. The van der Waals surface area contributed by atoms with Crippen molar-refractivity contribution in [1.29, 1.82) is 0 Å². The minimum Gasteiger partial charge on any atom is -0.375 e. The maximum absolute atomic E-state index is 13.8. The number of fused-ring (bicyclic) bond motifs is 1. The number of nitrogens with zero attached hydrogens (tertiary/aromatic N) is 2. The predicted octanol–water partition coefficient (Wildman–Crippen LogP) is 2.03. The summed E-state index contributed by atoms with van der Waals surface area (Å²) in [6.45, 7) is 3.18. The van der Waals surface area contributed by atoms with Crippen LogP contribution >= 0.6 is 0 Å². The lowest BCUT2D eigenvalue weighted by Crippen LogP contribution is -2.39. The summed E-state index contributed by atoms with van der Waals surface area (Å²) in [6, 6.07) is 5.90. The topological polar surface area (TPSA) is 66.9 Å². The fraction of sp³-hybridized carbons (Fsp3) is 0.632. The summed E-state index contributed by atoms with van der Waals surface area (Å²) in [6.07, 6.45) is 1.46. The normalized spacial score (nSPS) is 25.7. The smallest absolute Gasteiger partial charge is 0.249 e. The number of sulfonamides is 1. The Morgan fingerprint density at radius 2 is 2.07 bits per heavy atom. The van der Waals surface area contributed by atoms with Gasteiger partial charge in [-0.15, -0.1) is 0 Å². The average molecular weight is 399 g/mol. The van der Waals surface area contributed by atoms with Gasteiger partial charge in [-0.25, -0.2) is 17.1 Å². The van der Waals surface area contributed by atoms with Crippen molar-refractivity contribution in [3.8, 4) is 0 Å². The summed E-state index contributed by atoms with van der Waals surface area (Å²) in [4.78, 5) is 14.3. The van der Waals surface area contributed by atoms with Gasteiger partial charge in [0.25, 0.3) is 0 Å². The summed E-state index contributed by atoms with van der Waals surface area (Å²) in [5.74, 6) is -0.346. The Labute approximate surface area is 160 Å². The highest BCUT2D eigenvalue weighted by Crippen LogP contribution is 2.45. The van der Waals surface area contributed by atoms with E-state index in [4.69, 9.17) is 4.74 Å². The van der Waals surface area contributed by atoms with Gasteiger partial charge in [-0.2, -0.15) is 0 Å². The SMILES string of the molecule is CCCCS(=O)(=O)N1C[C@@H]2CN(C(=O)COC)[C@@H](c3cccc(F)c3)[C@@H]2C1. The highest BCUT2D eigenvalue weighted by molar-refractivity contribution is 7.89. The molecule has 2 saturated heterocycles. The Morgan fingerprint density at radius 3 is 2.74 bits per heavy atom. The van der Waals surface area contributed by atoms with Crippen LogP contribution < -0.4 is 0 Å². The largest absolute Gasteiger partial charge is 0.375 e. The van der Waals surface area contributed by atoms with Crippen molar-refractivity contribution in [1.82, 2.24) is 9.21 Å². The van der Waals surface area contributed by atoms with E-state index in [1.54, 1.807) is 21.3 Å². The van der Waals surface area contributed by atoms with E-state index >= 15 is 0 Å². The number of rotatable bonds is 7. The highest BCUT2D eigenvalue weighted by atomic mass is 32.2. The molecule has 1 aromatic rings. The third-order valence-electron chi connectivity index (χ3n) is 5.56. The van der Waals surface area contributed by atoms with Gasteiger partial charge in [0.05, 0.1) is 11.8 Å². The van der Waals surface area contributed by atoms with Gasteiger partial charge in [-0.3, -0.25) is 4.79 Å². The first kappa shape index (κ1) is 20.2. The number of unbranched alkanes of at least 4 members (excludes halogenated alkanes) is 1. The molecule has 1 aromatic carbocycles. The lowest BCUT2D eigenvalue weighted by atomic mass is 9.89. The molecule has 0 aliphatic carbocycles. The van der Waals surface area contributed by atoms with Crippen LogP contribution in [0.5, 0.6) is 0 Å². The van der Waals surface area contributed by atoms with E-state index in [2.05, 4.69) is 0 Å². The number of likely N-dealkylation sites (tertiary alicyclic amines) is 1. The van der Waals surface area contributed by atoms with Crippen LogP contribution in [0.1, 0.15) is 31.4 Å². The molecule has 1 amide bonds. The van der Waals surface area contributed by atoms with E-state index in [9.17, 15) is 17.6 Å². The monoisotopic (exact) mass is 398 g/mol. The van der Waals surface area contributed by atoms with Crippen molar-refractivity contribution in [3.05, 3.63) is 35.6 Å². The molecule has 2 fully saturated rings. The molecule has 27 heavy (non-hydrogen) atoms. The van der Waals surface area contributed by atoms with Crippen molar-refractivity contribution in [2.75, 3.05) is 39.1 Å². The molecule has 3 rings (SSSR count). The van der Waals surface area contributed by atoms with E-state index in [-0.39, 0.29) is 42.0 Å². The number of hydrogen-bond donors (Lipinski definition) is 0. The zero-order chi connectivity index (χ0) is 19.6. The number of methoxy groups -OCH3 is 1. The minimum absolute atomic E-state index is 0.0379. The standard InChI is InChI=1S/C19H27FN2O4S/c1-3-4-8-27(24,25)21-10-15-11-22(18(23)13-26-2)19(17(15)12-21)14-6-5-7-16(20)9-14/h5-7,9,15,17,19H,3-4,8,10-13H2,1-2H3/t15-,17-,19+/m1/s1. The molecule has 150 valence electrons. The maximum atomic E-state index is 13.8. The molecule has 2 aliphatic rings. The molecular formula is C19H27FN2O4S. The Kier molecular flexibility index (Phi) is 6.18. The first-order chi connectivity index (χ1) is 12.9. The van der Waals surface area contributed by atoms with Crippen LogP contribution in [0.2, 0.25) is 0 Å². The lowest BCUT2D eigenvalue weighted by molar-refractivity contribution is -0.136. The van der Waals surface area contributed by atoms with E-state index < -0.39 is 10.0 Å². The van der Waals surface area contributed by atoms with Crippen molar-refractivity contribution in [2.24, 2.45) is 11.8 Å². The lowest BCUT2D eigenvalue weighted by Gasteiger charge is -2.29. The maximum Gasteiger partial charge on any atom is 0.249 e. The second kappa shape index (κ2) is 8.24. The van der Waals surface area contributed by atoms with Gasteiger partial charge >= 0.3 is 0 Å². The quantitative estimate of drug-likeness (QED) is 0.705. The Balaban J connectivity index is 1.86. The zero-order valence-electron chi connectivity index (χ0n) is 15.8. The first-order valence-corrected chi connectivity index (χ1v) is 11.0. The van der Waals surface area contributed by atoms with Crippen molar-refractivity contribution < 1.29 is 22.3 Å². The second-order valence-corrected chi connectivity index (χ2v) is 9.48. The molecule has 0 saturated carbocycles. The predicted molar refractivity (Wildman–Crippen MR) is 100.0 cm³/mol. The van der Waals surface area contributed by atoms with Crippen LogP contribution in [0.15, 0.2) is 24.3 Å². The zero-order valence-corrected chi connectivity index (χ0v) is 16.6. The second-order valence-electron chi connectivity index (χ2n) is 7.39. The summed E-state index contributed by atoms with van der Waals surface area (Å²) in [7, 11) is -1.83. The third-order valence-corrected chi connectivity index (χ3v) is 7.45. The Morgan fingerprint density at radius 1 is 1.30 bits per heavy atom. The Hall–Kier alpha value is -1.51. The van der Waals surface area contributed by atoms with E-state index in [0.29, 0.717) is 31.6 Å². The van der Waals surface area contributed by atoms with Gasteiger partial charge in [-0.05, 0) is 30.0 Å². The molecule has 2 heterocycles. The number of carbonyl (C=O) groups is 1. The number of carbonyl (C=O) groups excluding carboxylic acids is 1. The Bertz CT molecular complexity index is 786. The minimum atomic E-state index is -3.29. The van der Waals surface area contributed by atoms with Crippen LogP contribution in [-0.2, 0) is 19.6 Å². The molecule has 6 nitrogen and oxygen atoms in total. The van der Waals surface area contributed by atoms with Gasteiger partial charge in [0.1, 0.15) is 12.4 Å². The highest BCUT2D eigenvalue weighted by Gasteiger charge is 2.51. The van der Waals surface area contributed by atoms with Gasteiger partial charge in [0.15, 0.2) is 0 Å². The number of halogens is 1. The fourth-order valence-electron chi connectivity index (χ4n) is 4.27. The van der Waals surface area contributed by atoms with Gasteiger partial charge < -0.3 is 9.64 Å². The van der Waals surface area contributed by atoms with Crippen LogP contribution in [0.3, 0.4) is 0 Å².